The molecule has 1 N–H and O–H groups in total. The van der Waals surface area contributed by atoms with Gasteiger partial charge in [0.25, 0.3) is 15.9 Å². The monoisotopic (exact) mass is 573 g/mol. The number of rotatable bonds is 7. The minimum Gasteiger partial charge on any atom is -0.271 e. The zero-order valence-corrected chi connectivity index (χ0v) is 20.3. The first-order valence-electron chi connectivity index (χ1n) is 9.50. The van der Waals surface area contributed by atoms with Crippen LogP contribution in [0, 0.1) is 0 Å². The number of alkyl halides is 3. The molecule has 0 saturated heterocycles. The molecule has 0 saturated carbocycles. The van der Waals surface area contributed by atoms with Crippen molar-refractivity contribution in [2.45, 2.75) is 11.1 Å². The van der Waals surface area contributed by atoms with Gasteiger partial charge in [-0.1, -0.05) is 57.9 Å². The van der Waals surface area contributed by atoms with Gasteiger partial charge in [0.15, 0.2) is 0 Å². The first-order valence-corrected chi connectivity index (χ1v) is 12.1. The van der Waals surface area contributed by atoms with Crippen molar-refractivity contribution in [2.24, 2.45) is 5.10 Å². The molecule has 0 spiro atoms. The fourth-order valence-corrected chi connectivity index (χ4v) is 4.93. The molecule has 34 heavy (non-hydrogen) atoms. The van der Waals surface area contributed by atoms with Crippen LogP contribution >= 0.6 is 27.5 Å². The van der Waals surface area contributed by atoms with Gasteiger partial charge >= 0.3 is 6.18 Å². The maximum atomic E-state index is 13.4. The molecule has 0 bridgehead atoms. The summed E-state index contributed by atoms with van der Waals surface area (Å²) < 4.78 is 67.9. The zero-order chi connectivity index (χ0) is 24.9. The summed E-state index contributed by atoms with van der Waals surface area (Å²) in [4.78, 5) is 12.3. The highest BCUT2D eigenvalue weighted by atomic mass is 79.9. The first kappa shape index (κ1) is 25.7. The summed E-state index contributed by atoms with van der Waals surface area (Å²) in [5.74, 6) is -0.866. The molecule has 0 unspecified atom stereocenters. The molecule has 12 heteroatoms. The lowest BCUT2D eigenvalue weighted by molar-refractivity contribution is -0.137. The van der Waals surface area contributed by atoms with E-state index in [2.05, 4.69) is 26.5 Å². The second-order valence-corrected chi connectivity index (χ2v) is 10.0. The number of anilines is 1. The van der Waals surface area contributed by atoms with E-state index in [9.17, 15) is 26.4 Å². The van der Waals surface area contributed by atoms with Crippen LogP contribution in [0.5, 0.6) is 0 Å². The second-order valence-electron chi connectivity index (χ2n) is 6.83. The van der Waals surface area contributed by atoms with Gasteiger partial charge in [-0.05, 0) is 48.0 Å². The van der Waals surface area contributed by atoms with Gasteiger partial charge in [0.2, 0.25) is 0 Å². The van der Waals surface area contributed by atoms with E-state index in [1.807, 2.05) is 0 Å². The van der Waals surface area contributed by atoms with Crippen molar-refractivity contribution in [3.63, 3.8) is 0 Å². The number of nitrogens with one attached hydrogen (secondary N) is 1. The summed E-state index contributed by atoms with van der Waals surface area (Å²) in [6, 6.07) is 16.6. The van der Waals surface area contributed by atoms with E-state index in [1.165, 1.54) is 30.5 Å². The Morgan fingerprint density at radius 1 is 1.06 bits per heavy atom. The molecular formula is C22H16BrClF3N3O3S. The van der Waals surface area contributed by atoms with Gasteiger partial charge in [-0.2, -0.15) is 18.3 Å². The summed E-state index contributed by atoms with van der Waals surface area (Å²) in [6.45, 7) is -0.827. The Labute approximate surface area is 207 Å². The maximum Gasteiger partial charge on any atom is 0.417 e. The summed E-state index contributed by atoms with van der Waals surface area (Å²) in [5, 5.41) is 3.19. The van der Waals surface area contributed by atoms with Crippen LogP contribution in [0.2, 0.25) is 5.02 Å². The lowest BCUT2D eigenvalue weighted by atomic mass is 10.2. The second kappa shape index (κ2) is 10.6. The molecule has 3 aromatic rings. The van der Waals surface area contributed by atoms with E-state index >= 15 is 0 Å². The highest BCUT2D eigenvalue weighted by molar-refractivity contribution is 9.10. The van der Waals surface area contributed by atoms with Crippen LogP contribution in [-0.4, -0.2) is 27.1 Å². The van der Waals surface area contributed by atoms with Crippen LogP contribution < -0.4 is 9.73 Å². The highest BCUT2D eigenvalue weighted by Crippen LogP contribution is 2.38. The van der Waals surface area contributed by atoms with Crippen LogP contribution in [0.1, 0.15) is 11.1 Å². The molecule has 3 aromatic carbocycles. The van der Waals surface area contributed by atoms with E-state index in [0.717, 1.165) is 16.6 Å². The van der Waals surface area contributed by atoms with Gasteiger partial charge in [-0.25, -0.2) is 13.8 Å². The van der Waals surface area contributed by atoms with E-state index in [4.69, 9.17) is 11.6 Å². The molecule has 0 aromatic heterocycles. The van der Waals surface area contributed by atoms with Crippen molar-refractivity contribution in [1.82, 2.24) is 5.43 Å². The van der Waals surface area contributed by atoms with Crippen LogP contribution in [0.25, 0.3) is 0 Å². The maximum absolute atomic E-state index is 13.4. The molecule has 178 valence electrons. The number of carbonyl (C=O) groups excluding carboxylic acids is 1. The van der Waals surface area contributed by atoms with E-state index < -0.39 is 39.2 Å². The zero-order valence-electron chi connectivity index (χ0n) is 17.1. The third-order valence-electron chi connectivity index (χ3n) is 4.41. The number of carbonyl (C=O) groups is 1. The van der Waals surface area contributed by atoms with Gasteiger partial charge in [0.1, 0.15) is 6.54 Å². The molecule has 0 aliphatic rings. The Morgan fingerprint density at radius 2 is 1.76 bits per heavy atom. The van der Waals surface area contributed by atoms with Crippen LogP contribution in [-0.2, 0) is 21.0 Å². The van der Waals surface area contributed by atoms with Crippen molar-refractivity contribution in [2.75, 3.05) is 10.8 Å². The number of benzene rings is 3. The quantitative estimate of drug-likeness (QED) is 0.300. The van der Waals surface area contributed by atoms with E-state index in [-0.39, 0.29) is 10.6 Å². The molecule has 0 fully saturated rings. The van der Waals surface area contributed by atoms with Crippen LogP contribution in [0.15, 0.2) is 87.3 Å². The molecule has 1 amide bonds. The van der Waals surface area contributed by atoms with Gasteiger partial charge in [-0.15, -0.1) is 0 Å². The Morgan fingerprint density at radius 3 is 2.41 bits per heavy atom. The summed E-state index contributed by atoms with van der Waals surface area (Å²) >= 11 is 8.97. The Hall–Kier alpha value is -2.89. The SMILES string of the molecule is O=C(CN(c1ccc(Cl)c(C(F)(F)F)c1)S(=O)(=O)c1ccccc1)N/N=C\c1cccc(Br)c1. The number of hydrazone groups is 1. The average molecular weight is 575 g/mol. The third-order valence-corrected chi connectivity index (χ3v) is 7.02. The molecule has 0 aliphatic carbocycles. The predicted octanol–water partition coefficient (Wildman–Crippen LogP) is 5.47. The molecule has 0 radical (unpaired) electrons. The smallest absolute Gasteiger partial charge is 0.271 e. The first-order chi connectivity index (χ1) is 16.0. The highest BCUT2D eigenvalue weighted by Gasteiger charge is 2.35. The fourth-order valence-electron chi connectivity index (χ4n) is 2.85. The average Bonchev–Trinajstić information content (AvgIpc) is 2.78. The number of amides is 1. The van der Waals surface area contributed by atoms with Crippen LogP contribution in [0.4, 0.5) is 18.9 Å². The van der Waals surface area contributed by atoms with Crippen LogP contribution in [0.3, 0.4) is 0 Å². The Bertz CT molecular complexity index is 1320. The number of nitrogens with zero attached hydrogens (tertiary/aromatic N) is 2. The Kier molecular flexibility index (Phi) is 8.01. The molecule has 3 rings (SSSR count). The van der Waals surface area contributed by atoms with Crippen molar-refractivity contribution < 1.29 is 26.4 Å². The van der Waals surface area contributed by atoms with E-state index in [1.54, 1.807) is 30.3 Å². The normalized spacial score (nSPS) is 12.0. The number of hydrogen-bond donors (Lipinski definition) is 1. The third kappa shape index (κ3) is 6.37. The molecule has 0 aliphatic heterocycles. The summed E-state index contributed by atoms with van der Waals surface area (Å²) in [7, 11) is -4.40. The standard InChI is InChI=1S/C22H16BrClF3N3O3S/c23-16-6-4-5-15(11-16)13-28-29-21(31)14-30(34(32,33)18-7-2-1-3-8-18)17-9-10-20(24)19(12-17)22(25,26)27/h1-13H,14H2,(H,29,31)/b28-13-. The lowest BCUT2D eigenvalue weighted by Gasteiger charge is -2.24. The predicted molar refractivity (Wildman–Crippen MR) is 127 cm³/mol. The number of hydrogen-bond acceptors (Lipinski definition) is 4. The van der Waals surface area contributed by atoms with Crippen molar-refractivity contribution >= 4 is 55.4 Å². The number of halogens is 5. The molecule has 0 heterocycles. The Balaban J connectivity index is 1.94. The van der Waals surface area contributed by atoms with Crippen molar-refractivity contribution in [3.05, 3.63) is 93.4 Å². The van der Waals surface area contributed by atoms with Gasteiger partial charge in [0.05, 0.1) is 27.4 Å². The van der Waals surface area contributed by atoms with Crippen molar-refractivity contribution in [3.8, 4) is 0 Å². The van der Waals surface area contributed by atoms with Crippen molar-refractivity contribution in [1.29, 1.82) is 0 Å². The van der Waals surface area contributed by atoms with Gasteiger partial charge in [-0.3, -0.25) is 9.10 Å². The molecular weight excluding hydrogens is 559 g/mol. The minimum absolute atomic E-state index is 0.205. The van der Waals surface area contributed by atoms with Gasteiger partial charge < -0.3 is 0 Å². The number of sulfonamides is 1. The lowest BCUT2D eigenvalue weighted by Crippen LogP contribution is -2.39. The molecule has 6 nitrogen and oxygen atoms in total. The minimum atomic E-state index is -4.83. The van der Waals surface area contributed by atoms with E-state index in [0.29, 0.717) is 15.9 Å². The summed E-state index contributed by atoms with van der Waals surface area (Å²) in [6.07, 6.45) is -3.49. The summed E-state index contributed by atoms with van der Waals surface area (Å²) in [5.41, 5.74) is 1.23. The largest absolute Gasteiger partial charge is 0.417 e. The molecule has 0 atom stereocenters. The topological polar surface area (TPSA) is 78.8 Å². The fraction of sp³-hybridized carbons (Fsp3) is 0.0909. The van der Waals surface area contributed by atoms with Gasteiger partial charge in [0, 0.05) is 4.47 Å².